The smallest absolute Gasteiger partial charge is 0.266 e. The summed E-state index contributed by atoms with van der Waals surface area (Å²) < 4.78 is 10.9. The molecule has 0 spiro atoms. The van der Waals surface area contributed by atoms with Gasteiger partial charge in [0.15, 0.2) is 18.1 Å². The third-order valence-corrected chi connectivity index (χ3v) is 4.91. The molecule has 0 atom stereocenters. The summed E-state index contributed by atoms with van der Waals surface area (Å²) in [5, 5.41) is 15.4. The number of rotatable bonds is 8. The maximum absolute atomic E-state index is 12.5. The van der Waals surface area contributed by atoms with Gasteiger partial charge in [-0.25, -0.2) is 0 Å². The number of methoxy groups -OCH3 is 1. The van der Waals surface area contributed by atoms with Crippen molar-refractivity contribution >= 4 is 40.9 Å². The van der Waals surface area contributed by atoms with Crippen LogP contribution in [0, 0.1) is 18.3 Å². The summed E-state index contributed by atoms with van der Waals surface area (Å²) >= 11 is 5.84. The van der Waals surface area contributed by atoms with Gasteiger partial charge in [0.2, 0.25) is 0 Å². The molecule has 172 valence electrons. The minimum Gasteiger partial charge on any atom is -0.493 e. The highest BCUT2D eigenvalue weighted by atomic mass is 35.5. The Morgan fingerprint density at radius 1 is 0.971 bits per heavy atom. The fraction of sp³-hybridized carbons (Fsp3) is 0.115. The first-order chi connectivity index (χ1) is 16.4. The molecule has 0 bridgehead atoms. The lowest BCUT2D eigenvalue weighted by molar-refractivity contribution is -0.118. The normalized spacial score (nSPS) is 10.7. The van der Waals surface area contributed by atoms with Crippen molar-refractivity contribution in [1.82, 2.24) is 0 Å². The van der Waals surface area contributed by atoms with Crippen molar-refractivity contribution in [2.24, 2.45) is 0 Å². The molecule has 0 radical (unpaired) electrons. The second kappa shape index (κ2) is 11.5. The summed E-state index contributed by atoms with van der Waals surface area (Å²) in [6.07, 6.45) is 1.45. The van der Waals surface area contributed by atoms with Crippen LogP contribution in [0.4, 0.5) is 11.4 Å². The molecule has 0 unspecified atom stereocenters. The topological polar surface area (TPSA) is 100 Å². The zero-order chi connectivity index (χ0) is 24.5. The van der Waals surface area contributed by atoms with Gasteiger partial charge in [-0.05, 0) is 67.1 Å². The number of hydrogen-bond donors (Lipinski definition) is 2. The summed E-state index contributed by atoms with van der Waals surface area (Å²) in [5.74, 6) is -0.185. The van der Waals surface area contributed by atoms with E-state index < -0.39 is 5.91 Å². The standard InChI is InChI=1S/C26H22ClN3O4/c1-17-3-8-22(9-4-17)30-26(32)19(15-28)13-18-5-12-23(24(14-18)33-2)34-16-25(31)29-21-10-6-20(27)7-11-21/h3-14H,16H2,1-2H3,(H,29,31)(H,30,32)/b19-13+. The Bertz CT molecular complexity index is 1250. The van der Waals surface area contributed by atoms with Gasteiger partial charge >= 0.3 is 0 Å². The van der Waals surface area contributed by atoms with Crippen LogP contribution in [0.1, 0.15) is 11.1 Å². The molecule has 0 saturated carbocycles. The van der Waals surface area contributed by atoms with Crippen LogP contribution in [-0.4, -0.2) is 25.5 Å². The number of benzene rings is 3. The Balaban J connectivity index is 1.66. The van der Waals surface area contributed by atoms with Gasteiger partial charge in [0, 0.05) is 16.4 Å². The van der Waals surface area contributed by atoms with Gasteiger partial charge in [0.25, 0.3) is 11.8 Å². The van der Waals surface area contributed by atoms with Crippen molar-refractivity contribution in [3.05, 3.63) is 88.5 Å². The van der Waals surface area contributed by atoms with Crippen molar-refractivity contribution in [2.75, 3.05) is 24.4 Å². The molecule has 8 heteroatoms. The highest BCUT2D eigenvalue weighted by Gasteiger charge is 2.12. The number of hydrogen-bond acceptors (Lipinski definition) is 5. The van der Waals surface area contributed by atoms with Crippen molar-refractivity contribution < 1.29 is 19.1 Å². The van der Waals surface area contributed by atoms with E-state index in [0.29, 0.717) is 33.5 Å². The summed E-state index contributed by atoms with van der Waals surface area (Å²) in [5.41, 5.74) is 2.74. The van der Waals surface area contributed by atoms with Crippen LogP contribution in [0.3, 0.4) is 0 Å². The van der Waals surface area contributed by atoms with Crippen LogP contribution in [0.25, 0.3) is 6.08 Å². The maximum Gasteiger partial charge on any atom is 0.266 e. The Morgan fingerprint density at radius 2 is 1.62 bits per heavy atom. The molecule has 0 aliphatic carbocycles. The van der Waals surface area contributed by atoms with E-state index in [9.17, 15) is 14.9 Å². The number of nitrogens with one attached hydrogen (secondary N) is 2. The largest absolute Gasteiger partial charge is 0.493 e. The number of anilines is 2. The first-order valence-corrected chi connectivity index (χ1v) is 10.6. The maximum atomic E-state index is 12.5. The summed E-state index contributed by atoms with van der Waals surface area (Å²) in [4.78, 5) is 24.7. The monoisotopic (exact) mass is 475 g/mol. The molecule has 0 aromatic heterocycles. The zero-order valence-corrected chi connectivity index (χ0v) is 19.3. The Labute approximate surface area is 202 Å². The molecule has 3 aromatic rings. The minimum atomic E-state index is -0.524. The van der Waals surface area contributed by atoms with Crippen molar-refractivity contribution in [3.8, 4) is 17.6 Å². The van der Waals surface area contributed by atoms with Crippen LogP contribution in [0.15, 0.2) is 72.3 Å². The molecule has 34 heavy (non-hydrogen) atoms. The van der Waals surface area contributed by atoms with Crippen molar-refractivity contribution in [1.29, 1.82) is 5.26 Å². The Morgan fingerprint density at radius 3 is 2.26 bits per heavy atom. The molecule has 0 aliphatic rings. The van der Waals surface area contributed by atoms with Crippen LogP contribution < -0.4 is 20.1 Å². The molecular formula is C26H22ClN3O4. The molecule has 3 rings (SSSR count). The third-order valence-electron chi connectivity index (χ3n) is 4.66. The number of carbonyl (C=O) groups is 2. The SMILES string of the molecule is COc1cc(/C=C(\C#N)C(=O)Nc2ccc(C)cc2)ccc1OCC(=O)Nc1ccc(Cl)cc1. The highest BCUT2D eigenvalue weighted by Crippen LogP contribution is 2.29. The summed E-state index contributed by atoms with van der Waals surface area (Å²) in [7, 11) is 1.46. The third kappa shape index (κ3) is 6.86. The molecule has 0 heterocycles. The highest BCUT2D eigenvalue weighted by molar-refractivity contribution is 6.30. The van der Waals surface area contributed by atoms with E-state index in [2.05, 4.69) is 10.6 Å². The number of nitrogens with zero attached hydrogens (tertiary/aromatic N) is 1. The number of ether oxygens (including phenoxy) is 2. The number of amides is 2. The molecule has 0 saturated heterocycles. The predicted octanol–water partition coefficient (Wildman–Crippen LogP) is 5.22. The van der Waals surface area contributed by atoms with E-state index in [-0.39, 0.29) is 18.1 Å². The van der Waals surface area contributed by atoms with Crippen LogP contribution in [0.5, 0.6) is 11.5 Å². The lowest BCUT2D eigenvalue weighted by Crippen LogP contribution is -2.20. The van der Waals surface area contributed by atoms with Crippen LogP contribution >= 0.6 is 11.6 Å². The second-order valence-corrected chi connectivity index (χ2v) is 7.68. The molecular weight excluding hydrogens is 454 g/mol. The first-order valence-electron chi connectivity index (χ1n) is 10.2. The fourth-order valence-corrected chi connectivity index (χ4v) is 3.04. The average molecular weight is 476 g/mol. The van der Waals surface area contributed by atoms with E-state index in [0.717, 1.165) is 5.56 Å². The molecule has 7 nitrogen and oxygen atoms in total. The van der Waals surface area contributed by atoms with Gasteiger partial charge in [-0.2, -0.15) is 5.26 Å². The Kier molecular flexibility index (Phi) is 8.27. The lowest BCUT2D eigenvalue weighted by atomic mass is 10.1. The molecule has 0 aliphatic heterocycles. The van der Waals surface area contributed by atoms with Gasteiger partial charge in [-0.15, -0.1) is 0 Å². The fourth-order valence-electron chi connectivity index (χ4n) is 2.92. The number of aryl methyl sites for hydroxylation is 1. The van der Waals surface area contributed by atoms with E-state index in [1.54, 1.807) is 54.6 Å². The number of nitriles is 1. The minimum absolute atomic E-state index is 0.0707. The van der Waals surface area contributed by atoms with Gasteiger partial charge in [0.1, 0.15) is 11.6 Å². The van der Waals surface area contributed by atoms with E-state index in [1.165, 1.54) is 13.2 Å². The molecule has 2 N–H and O–H groups in total. The summed E-state index contributed by atoms with van der Waals surface area (Å²) in [6.45, 7) is 1.70. The summed E-state index contributed by atoms with van der Waals surface area (Å²) in [6, 6.07) is 20.8. The Hall–Kier alpha value is -4.28. The van der Waals surface area contributed by atoms with Gasteiger partial charge in [-0.3, -0.25) is 9.59 Å². The van der Waals surface area contributed by atoms with Crippen LogP contribution in [-0.2, 0) is 9.59 Å². The van der Waals surface area contributed by atoms with Gasteiger partial charge in [0.05, 0.1) is 7.11 Å². The number of carbonyl (C=O) groups excluding carboxylic acids is 2. The van der Waals surface area contributed by atoms with Crippen LogP contribution in [0.2, 0.25) is 5.02 Å². The van der Waals surface area contributed by atoms with E-state index in [4.69, 9.17) is 21.1 Å². The zero-order valence-electron chi connectivity index (χ0n) is 18.6. The molecule has 0 fully saturated rings. The first kappa shape index (κ1) is 24.4. The predicted molar refractivity (Wildman–Crippen MR) is 132 cm³/mol. The molecule has 3 aromatic carbocycles. The van der Waals surface area contributed by atoms with E-state index in [1.807, 2.05) is 25.1 Å². The second-order valence-electron chi connectivity index (χ2n) is 7.24. The number of halogens is 1. The van der Waals surface area contributed by atoms with Crippen molar-refractivity contribution in [2.45, 2.75) is 6.92 Å². The average Bonchev–Trinajstić information content (AvgIpc) is 2.84. The van der Waals surface area contributed by atoms with Gasteiger partial charge in [-0.1, -0.05) is 35.4 Å². The molecule has 2 amide bonds. The van der Waals surface area contributed by atoms with Gasteiger partial charge < -0.3 is 20.1 Å². The lowest BCUT2D eigenvalue weighted by Gasteiger charge is -2.12. The van der Waals surface area contributed by atoms with E-state index >= 15 is 0 Å². The quantitative estimate of drug-likeness (QED) is 0.343. The van der Waals surface area contributed by atoms with Crippen molar-refractivity contribution in [3.63, 3.8) is 0 Å².